The van der Waals surface area contributed by atoms with Crippen LogP contribution in [0.5, 0.6) is 5.75 Å². The van der Waals surface area contributed by atoms with Gasteiger partial charge in [0.2, 0.25) is 0 Å². The Morgan fingerprint density at radius 1 is 1.10 bits per heavy atom. The van der Waals surface area contributed by atoms with E-state index in [1.165, 1.54) is 6.08 Å². The summed E-state index contributed by atoms with van der Waals surface area (Å²) in [7, 11) is 0. The number of nitrogens with zero attached hydrogens (tertiary/aromatic N) is 1. The third-order valence-corrected chi connectivity index (χ3v) is 3.08. The highest BCUT2D eigenvalue weighted by Gasteiger charge is 2.27. The molecular weight excluding hydrogens is 250 g/mol. The Bertz CT molecular complexity index is 563. The van der Waals surface area contributed by atoms with Gasteiger partial charge < -0.3 is 9.84 Å². The van der Waals surface area contributed by atoms with Gasteiger partial charge in [-0.2, -0.15) is 0 Å². The lowest BCUT2D eigenvalue weighted by Gasteiger charge is -2.25. The summed E-state index contributed by atoms with van der Waals surface area (Å²) in [5, 5.41) is 10.8. The maximum Gasteiger partial charge on any atom is 0.133 e. The Balaban J connectivity index is 2.35. The van der Waals surface area contributed by atoms with Crippen LogP contribution in [0.1, 0.15) is 25.0 Å². The highest BCUT2D eigenvalue weighted by atomic mass is 16.5. The van der Waals surface area contributed by atoms with Gasteiger partial charge in [0.05, 0.1) is 6.10 Å². The summed E-state index contributed by atoms with van der Waals surface area (Å²) in [6.07, 6.45) is 4.96. The predicted octanol–water partition coefficient (Wildman–Crippen LogP) is 3.29. The number of aliphatic hydroxyl groups is 1. The van der Waals surface area contributed by atoms with Crippen LogP contribution in [0.25, 0.3) is 0 Å². The summed E-state index contributed by atoms with van der Waals surface area (Å²) in [5.74, 6) is 0.782. The van der Waals surface area contributed by atoms with Gasteiger partial charge in [-0.1, -0.05) is 24.8 Å². The van der Waals surface area contributed by atoms with Gasteiger partial charge in [-0.3, -0.25) is 4.98 Å². The molecule has 20 heavy (non-hydrogen) atoms. The standard InChI is InChI=1S/C17H19NO2/c1-4-17(19,15-9-11-18-12-10-15)14-5-7-16(8-6-14)20-13(2)3/h4-13,19H,1H2,2-3H3/t17-/m0/s1. The molecule has 0 saturated heterocycles. The second kappa shape index (κ2) is 5.88. The Morgan fingerprint density at radius 3 is 2.15 bits per heavy atom. The number of pyridine rings is 1. The minimum Gasteiger partial charge on any atom is -0.491 e. The van der Waals surface area contributed by atoms with Crippen LogP contribution in [0.4, 0.5) is 0 Å². The molecule has 0 bridgehead atoms. The molecule has 0 aliphatic carbocycles. The molecule has 1 heterocycles. The van der Waals surface area contributed by atoms with E-state index in [9.17, 15) is 5.11 Å². The van der Waals surface area contributed by atoms with Crippen molar-refractivity contribution >= 4 is 0 Å². The van der Waals surface area contributed by atoms with E-state index >= 15 is 0 Å². The van der Waals surface area contributed by atoms with Crippen molar-refractivity contribution in [3.05, 3.63) is 72.6 Å². The van der Waals surface area contributed by atoms with Crippen LogP contribution in [-0.2, 0) is 5.60 Å². The Morgan fingerprint density at radius 2 is 1.65 bits per heavy atom. The zero-order chi connectivity index (χ0) is 14.6. The van der Waals surface area contributed by atoms with Crippen LogP contribution in [0.3, 0.4) is 0 Å². The van der Waals surface area contributed by atoms with E-state index < -0.39 is 5.60 Å². The molecule has 1 atom stereocenters. The minimum absolute atomic E-state index is 0.124. The Labute approximate surface area is 119 Å². The quantitative estimate of drug-likeness (QED) is 0.847. The average Bonchev–Trinajstić information content (AvgIpc) is 2.47. The third-order valence-electron chi connectivity index (χ3n) is 3.08. The molecule has 3 nitrogen and oxygen atoms in total. The SMILES string of the molecule is C=C[C@@](O)(c1ccncc1)c1ccc(OC(C)C)cc1. The smallest absolute Gasteiger partial charge is 0.133 e. The van der Waals surface area contributed by atoms with Crippen LogP contribution >= 0.6 is 0 Å². The van der Waals surface area contributed by atoms with Crippen LogP contribution < -0.4 is 4.74 Å². The fraction of sp³-hybridized carbons (Fsp3) is 0.235. The topological polar surface area (TPSA) is 42.4 Å². The third kappa shape index (κ3) is 2.89. The normalized spacial score (nSPS) is 13.8. The lowest BCUT2D eigenvalue weighted by molar-refractivity contribution is 0.134. The van der Waals surface area contributed by atoms with Crippen LogP contribution in [0, 0.1) is 0 Å². The number of hydrogen-bond acceptors (Lipinski definition) is 3. The molecule has 2 aromatic rings. The van der Waals surface area contributed by atoms with Crippen molar-refractivity contribution in [2.45, 2.75) is 25.6 Å². The molecule has 2 rings (SSSR count). The van der Waals surface area contributed by atoms with E-state index in [0.29, 0.717) is 0 Å². The number of aromatic nitrogens is 1. The first-order chi connectivity index (χ1) is 9.56. The number of rotatable bonds is 5. The van der Waals surface area contributed by atoms with Crippen molar-refractivity contribution in [1.29, 1.82) is 0 Å². The fourth-order valence-corrected chi connectivity index (χ4v) is 2.07. The van der Waals surface area contributed by atoms with E-state index in [1.54, 1.807) is 24.5 Å². The first-order valence-corrected chi connectivity index (χ1v) is 6.60. The first kappa shape index (κ1) is 14.3. The lowest BCUT2D eigenvalue weighted by atomic mass is 9.87. The molecule has 1 aromatic carbocycles. The molecule has 0 unspecified atom stereocenters. The fourth-order valence-electron chi connectivity index (χ4n) is 2.07. The molecule has 1 N–H and O–H groups in total. The second-order valence-corrected chi connectivity index (χ2v) is 4.90. The highest BCUT2D eigenvalue weighted by Crippen LogP contribution is 2.31. The molecule has 0 aliphatic rings. The van der Waals surface area contributed by atoms with Gasteiger partial charge in [0, 0.05) is 12.4 Å². The van der Waals surface area contributed by atoms with Crippen LogP contribution in [0.15, 0.2) is 61.4 Å². The maximum atomic E-state index is 10.8. The van der Waals surface area contributed by atoms with Crippen molar-refractivity contribution in [1.82, 2.24) is 4.98 Å². The summed E-state index contributed by atoms with van der Waals surface area (Å²) in [5.41, 5.74) is 0.258. The molecular formula is C17H19NO2. The molecule has 1 aromatic heterocycles. The monoisotopic (exact) mass is 269 g/mol. The maximum absolute atomic E-state index is 10.8. The van der Waals surface area contributed by atoms with Gasteiger partial charge in [-0.05, 0) is 49.2 Å². The van der Waals surface area contributed by atoms with E-state index in [1.807, 2.05) is 38.1 Å². The zero-order valence-corrected chi connectivity index (χ0v) is 11.8. The average molecular weight is 269 g/mol. The first-order valence-electron chi connectivity index (χ1n) is 6.60. The summed E-state index contributed by atoms with van der Waals surface area (Å²) >= 11 is 0. The van der Waals surface area contributed by atoms with Gasteiger partial charge in [0.1, 0.15) is 11.4 Å². The molecule has 0 aliphatic heterocycles. The summed E-state index contributed by atoms with van der Waals surface area (Å²) < 4.78 is 5.60. The second-order valence-electron chi connectivity index (χ2n) is 4.90. The largest absolute Gasteiger partial charge is 0.491 e. The van der Waals surface area contributed by atoms with Crippen LogP contribution in [0.2, 0.25) is 0 Å². The molecule has 0 amide bonds. The van der Waals surface area contributed by atoms with Crippen molar-refractivity contribution in [3.8, 4) is 5.75 Å². The van der Waals surface area contributed by atoms with Crippen molar-refractivity contribution in [3.63, 3.8) is 0 Å². The lowest BCUT2D eigenvalue weighted by Crippen LogP contribution is -2.24. The van der Waals surface area contributed by atoms with Gasteiger partial charge in [-0.25, -0.2) is 0 Å². The number of ether oxygens (including phenoxy) is 1. The predicted molar refractivity (Wildman–Crippen MR) is 79.6 cm³/mol. The van der Waals surface area contributed by atoms with Crippen molar-refractivity contribution < 1.29 is 9.84 Å². The van der Waals surface area contributed by atoms with Crippen molar-refractivity contribution in [2.75, 3.05) is 0 Å². The van der Waals surface area contributed by atoms with Gasteiger partial charge in [0.15, 0.2) is 0 Å². The minimum atomic E-state index is -1.22. The molecule has 0 saturated carbocycles. The summed E-state index contributed by atoms with van der Waals surface area (Å²) in [6, 6.07) is 11.0. The van der Waals surface area contributed by atoms with Crippen molar-refractivity contribution in [2.24, 2.45) is 0 Å². The van der Waals surface area contributed by atoms with E-state index in [4.69, 9.17) is 4.74 Å². The Hall–Kier alpha value is -2.13. The van der Waals surface area contributed by atoms with Gasteiger partial charge in [0.25, 0.3) is 0 Å². The summed E-state index contributed by atoms with van der Waals surface area (Å²) in [6.45, 7) is 7.71. The van der Waals surface area contributed by atoms with E-state index in [-0.39, 0.29) is 6.10 Å². The Kier molecular flexibility index (Phi) is 4.20. The van der Waals surface area contributed by atoms with Gasteiger partial charge >= 0.3 is 0 Å². The number of hydrogen-bond donors (Lipinski definition) is 1. The molecule has 3 heteroatoms. The molecule has 0 radical (unpaired) electrons. The van der Waals surface area contributed by atoms with Crippen LogP contribution in [-0.4, -0.2) is 16.2 Å². The molecule has 0 fully saturated rings. The van der Waals surface area contributed by atoms with Gasteiger partial charge in [-0.15, -0.1) is 0 Å². The molecule has 0 spiro atoms. The number of benzene rings is 1. The van der Waals surface area contributed by atoms with E-state index in [0.717, 1.165) is 16.9 Å². The zero-order valence-electron chi connectivity index (χ0n) is 11.8. The van der Waals surface area contributed by atoms with E-state index in [2.05, 4.69) is 11.6 Å². The summed E-state index contributed by atoms with van der Waals surface area (Å²) in [4.78, 5) is 3.97. The highest BCUT2D eigenvalue weighted by molar-refractivity contribution is 5.41. The molecule has 104 valence electrons.